The largest absolute Gasteiger partial charge is 0.338 e. The number of nitrogens with one attached hydrogen (secondary N) is 1. The van der Waals surface area contributed by atoms with Gasteiger partial charge in [-0.15, -0.1) is 11.3 Å². The lowest BCUT2D eigenvalue weighted by atomic mass is 9.96. The Morgan fingerprint density at radius 3 is 2.88 bits per heavy atom. The summed E-state index contributed by atoms with van der Waals surface area (Å²) in [5, 5.41) is 5.35. The molecule has 0 aliphatic carbocycles. The van der Waals surface area contributed by atoms with E-state index in [2.05, 4.69) is 30.6 Å². The van der Waals surface area contributed by atoms with Crippen LogP contribution in [0.5, 0.6) is 0 Å². The van der Waals surface area contributed by atoms with Crippen LogP contribution in [0, 0.1) is 11.8 Å². The minimum absolute atomic E-state index is 0.141. The van der Waals surface area contributed by atoms with Crippen LogP contribution in [0.2, 0.25) is 0 Å². The monoisotopic (exact) mass is 252 g/mol. The molecule has 2 heterocycles. The van der Waals surface area contributed by atoms with E-state index in [0.29, 0.717) is 5.92 Å². The molecule has 1 aromatic heterocycles. The average molecular weight is 252 g/mol. The molecule has 1 aliphatic rings. The number of amides is 1. The van der Waals surface area contributed by atoms with Crippen LogP contribution in [-0.4, -0.2) is 30.9 Å². The van der Waals surface area contributed by atoms with Crippen LogP contribution in [-0.2, 0) is 4.79 Å². The highest BCUT2D eigenvalue weighted by Gasteiger charge is 2.33. The first-order valence-corrected chi connectivity index (χ1v) is 7.00. The van der Waals surface area contributed by atoms with Crippen molar-refractivity contribution in [3.63, 3.8) is 0 Å². The van der Waals surface area contributed by atoms with E-state index in [4.69, 9.17) is 0 Å². The molecule has 0 radical (unpaired) electrons. The van der Waals surface area contributed by atoms with Gasteiger partial charge in [0.1, 0.15) is 0 Å². The van der Waals surface area contributed by atoms with Gasteiger partial charge in [-0.05, 0) is 30.8 Å². The molecule has 1 saturated heterocycles. The Labute approximate surface area is 107 Å². The molecule has 94 valence electrons. The molecular formula is C13H20N2OS. The van der Waals surface area contributed by atoms with Gasteiger partial charge in [-0.25, -0.2) is 0 Å². The second kappa shape index (κ2) is 5.19. The molecular weight excluding hydrogens is 232 g/mol. The summed E-state index contributed by atoms with van der Waals surface area (Å²) in [5.74, 6) is 0.853. The number of carbonyl (C=O) groups excluding carboxylic acids is 1. The standard InChI is InChI=1S/C13H20N2OS/c1-9-7-14-8-11(9)13(16)15(3)10(2)12-5-4-6-17-12/h4-6,9-11,14H,7-8H2,1-3H3. The summed E-state index contributed by atoms with van der Waals surface area (Å²) in [6.45, 7) is 6.02. The molecule has 0 saturated carbocycles. The average Bonchev–Trinajstić information content (AvgIpc) is 2.96. The van der Waals surface area contributed by atoms with E-state index in [1.165, 1.54) is 4.88 Å². The SMILES string of the molecule is CC1CNCC1C(=O)N(C)C(C)c1cccs1. The van der Waals surface area contributed by atoms with Gasteiger partial charge in [-0.2, -0.15) is 0 Å². The van der Waals surface area contributed by atoms with Crippen molar-refractivity contribution in [2.45, 2.75) is 19.9 Å². The maximum atomic E-state index is 12.4. The molecule has 0 spiro atoms. The fraction of sp³-hybridized carbons (Fsp3) is 0.615. The molecule has 1 fully saturated rings. The van der Waals surface area contributed by atoms with Gasteiger partial charge in [0.2, 0.25) is 5.91 Å². The van der Waals surface area contributed by atoms with Gasteiger partial charge in [-0.1, -0.05) is 13.0 Å². The van der Waals surface area contributed by atoms with E-state index in [1.807, 2.05) is 18.0 Å². The molecule has 4 heteroatoms. The van der Waals surface area contributed by atoms with Crippen molar-refractivity contribution in [1.82, 2.24) is 10.2 Å². The Morgan fingerprint density at radius 1 is 1.59 bits per heavy atom. The molecule has 3 nitrogen and oxygen atoms in total. The Kier molecular flexibility index (Phi) is 3.84. The summed E-state index contributed by atoms with van der Waals surface area (Å²) in [5.41, 5.74) is 0. The van der Waals surface area contributed by atoms with Crippen molar-refractivity contribution in [3.05, 3.63) is 22.4 Å². The normalized spacial score (nSPS) is 25.8. The Morgan fingerprint density at radius 2 is 2.35 bits per heavy atom. The molecule has 1 aliphatic heterocycles. The van der Waals surface area contributed by atoms with Gasteiger partial charge >= 0.3 is 0 Å². The van der Waals surface area contributed by atoms with E-state index in [0.717, 1.165) is 13.1 Å². The van der Waals surface area contributed by atoms with Crippen molar-refractivity contribution >= 4 is 17.2 Å². The maximum Gasteiger partial charge on any atom is 0.227 e. The highest BCUT2D eigenvalue weighted by Crippen LogP contribution is 2.27. The molecule has 0 aromatic carbocycles. The summed E-state index contributed by atoms with van der Waals surface area (Å²) in [6.07, 6.45) is 0. The van der Waals surface area contributed by atoms with E-state index >= 15 is 0 Å². The summed E-state index contributed by atoms with van der Waals surface area (Å²) in [6, 6.07) is 4.31. The fourth-order valence-corrected chi connectivity index (χ4v) is 3.14. The van der Waals surface area contributed by atoms with E-state index < -0.39 is 0 Å². The second-order valence-electron chi connectivity index (χ2n) is 4.88. The molecule has 1 aromatic rings. The smallest absolute Gasteiger partial charge is 0.227 e. The topological polar surface area (TPSA) is 32.3 Å². The Balaban J connectivity index is 2.04. The summed E-state index contributed by atoms with van der Waals surface area (Å²) in [7, 11) is 1.91. The van der Waals surface area contributed by atoms with Gasteiger partial charge in [0.25, 0.3) is 0 Å². The zero-order valence-electron chi connectivity index (χ0n) is 10.6. The van der Waals surface area contributed by atoms with Crippen LogP contribution in [0.4, 0.5) is 0 Å². The first-order valence-electron chi connectivity index (χ1n) is 6.12. The number of hydrogen-bond acceptors (Lipinski definition) is 3. The third-order valence-electron chi connectivity index (χ3n) is 3.72. The first-order chi connectivity index (χ1) is 8.11. The lowest BCUT2D eigenvalue weighted by molar-refractivity contribution is -0.136. The van der Waals surface area contributed by atoms with Crippen LogP contribution in [0.3, 0.4) is 0 Å². The van der Waals surface area contributed by atoms with Crippen LogP contribution in [0.25, 0.3) is 0 Å². The van der Waals surface area contributed by atoms with Crippen LogP contribution < -0.4 is 5.32 Å². The third-order valence-corrected chi connectivity index (χ3v) is 4.76. The molecule has 0 bridgehead atoms. The predicted molar refractivity (Wildman–Crippen MR) is 71.0 cm³/mol. The summed E-state index contributed by atoms with van der Waals surface area (Å²) in [4.78, 5) is 15.5. The van der Waals surface area contributed by atoms with Crippen LogP contribution >= 0.6 is 11.3 Å². The number of rotatable bonds is 3. The number of hydrogen-bond donors (Lipinski definition) is 1. The summed E-state index contributed by atoms with van der Waals surface area (Å²) >= 11 is 1.71. The van der Waals surface area contributed by atoms with Gasteiger partial charge < -0.3 is 10.2 Å². The Hall–Kier alpha value is -0.870. The Bertz CT molecular complexity index is 377. The van der Waals surface area contributed by atoms with Crippen molar-refractivity contribution in [1.29, 1.82) is 0 Å². The van der Waals surface area contributed by atoms with Gasteiger partial charge in [-0.3, -0.25) is 4.79 Å². The molecule has 17 heavy (non-hydrogen) atoms. The van der Waals surface area contributed by atoms with E-state index in [9.17, 15) is 4.79 Å². The van der Waals surface area contributed by atoms with E-state index in [-0.39, 0.29) is 17.9 Å². The fourth-order valence-electron chi connectivity index (χ4n) is 2.31. The van der Waals surface area contributed by atoms with Gasteiger partial charge in [0.15, 0.2) is 0 Å². The van der Waals surface area contributed by atoms with Gasteiger partial charge in [0.05, 0.1) is 12.0 Å². The highest BCUT2D eigenvalue weighted by molar-refractivity contribution is 7.10. The number of carbonyl (C=O) groups is 1. The number of nitrogens with zero attached hydrogens (tertiary/aromatic N) is 1. The minimum atomic E-state index is 0.141. The van der Waals surface area contributed by atoms with Crippen molar-refractivity contribution in [2.24, 2.45) is 11.8 Å². The van der Waals surface area contributed by atoms with Crippen molar-refractivity contribution in [3.8, 4) is 0 Å². The first kappa shape index (κ1) is 12.6. The van der Waals surface area contributed by atoms with Crippen LogP contribution in [0.15, 0.2) is 17.5 Å². The van der Waals surface area contributed by atoms with Gasteiger partial charge in [0, 0.05) is 18.5 Å². The highest BCUT2D eigenvalue weighted by atomic mass is 32.1. The summed E-state index contributed by atoms with van der Waals surface area (Å²) < 4.78 is 0. The zero-order chi connectivity index (χ0) is 12.4. The minimum Gasteiger partial charge on any atom is -0.338 e. The number of thiophene rings is 1. The molecule has 3 unspecified atom stereocenters. The zero-order valence-corrected chi connectivity index (χ0v) is 11.5. The second-order valence-corrected chi connectivity index (χ2v) is 5.86. The predicted octanol–water partition coefficient (Wildman–Crippen LogP) is 2.12. The maximum absolute atomic E-state index is 12.4. The molecule has 1 amide bonds. The molecule has 3 atom stereocenters. The quantitative estimate of drug-likeness (QED) is 0.893. The van der Waals surface area contributed by atoms with Crippen LogP contribution in [0.1, 0.15) is 24.8 Å². The van der Waals surface area contributed by atoms with Crippen molar-refractivity contribution in [2.75, 3.05) is 20.1 Å². The lowest BCUT2D eigenvalue weighted by Gasteiger charge is -2.28. The van der Waals surface area contributed by atoms with Crippen molar-refractivity contribution < 1.29 is 4.79 Å². The molecule has 1 N–H and O–H groups in total. The third kappa shape index (κ3) is 2.53. The molecule has 2 rings (SSSR count). The van der Waals surface area contributed by atoms with E-state index in [1.54, 1.807) is 11.3 Å². The lowest BCUT2D eigenvalue weighted by Crippen LogP contribution is -2.37.